The maximum absolute atomic E-state index is 12.4. The highest BCUT2D eigenvalue weighted by atomic mass is 32.2. The lowest BCUT2D eigenvalue weighted by Crippen LogP contribution is -2.52. The minimum atomic E-state index is -3.05. The first kappa shape index (κ1) is 16.4. The molecule has 1 saturated heterocycles. The first-order valence-corrected chi connectivity index (χ1v) is 8.86. The van der Waals surface area contributed by atoms with Crippen molar-refractivity contribution in [3.8, 4) is 0 Å². The van der Waals surface area contributed by atoms with E-state index in [-0.39, 0.29) is 29.4 Å². The molecule has 0 radical (unpaired) electrons. The van der Waals surface area contributed by atoms with Gasteiger partial charge in [0.15, 0.2) is 9.84 Å². The molecule has 1 rings (SSSR count). The van der Waals surface area contributed by atoms with E-state index in [1.54, 1.807) is 11.8 Å². The largest absolute Gasteiger partial charge is 0.339 e. The Morgan fingerprint density at radius 3 is 2.26 bits per heavy atom. The predicted molar refractivity (Wildman–Crippen MR) is 76.7 cm³/mol. The molecular formula is C13H26N2O3S. The summed E-state index contributed by atoms with van der Waals surface area (Å²) in [7, 11) is -3.05. The van der Waals surface area contributed by atoms with E-state index in [2.05, 4.69) is 5.32 Å². The molecule has 2 atom stereocenters. The number of hydrogen-bond acceptors (Lipinski definition) is 4. The summed E-state index contributed by atoms with van der Waals surface area (Å²) in [5, 5.41) is 3.16. The Labute approximate surface area is 116 Å². The lowest BCUT2D eigenvalue weighted by Gasteiger charge is -2.37. The minimum absolute atomic E-state index is 0.0343. The van der Waals surface area contributed by atoms with E-state index in [1.807, 2.05) is 20.8 Å². The van der Waals surface area contributed by atoms with Crippen molar-refractivity contribution < 1.29 is 13.2 Å². The zero-order valence-electron chi connectivity index (χ0n) is 12.3. The van der Waals surface area contributed by atoms with Gasteiger partial charge in [0.25, 0.3) is 0 Å². The molecule has 19 heavy (non-hydrogen) atoms. The van der Waals surface area contributed by atoms with Crippen molar-refractivity contribution in [1.29, 1.82) is 0 Å². The van der Waals surface area contributed by atoms with Gasteiger partial charge in [-0.3, -0.25) is 4.79 Å². The van der Waals surface area contributed by atoms with Gasteiger partial charge in [-0.15, -0.1) is 0 Å². The van der Waals surface area contributed by atoms with Gasteiger partial charge < -0.3 is 10.2 Å². The lowest BCUT2D eigenvalue weighted by atomic mass is 9.87. The Hall–Kier alpha value is -0.620. The van der Waals surface area contributed by atoms with E-state index in [0.29, 0.717) is 12.5 Å². The second-order valence-electron chi connectivity index (χ2n) is 5.38. The highest BCUT2D eigenvalue weighted by Crippen LogP contribution is 2.20. The molecule has 0 aromatic rings. The van der Waals surface area contributed by atoms with Crippen LogP contribution in [0.25, 0.3) is 0 Å². The summed E-state index contributed by atoms with van der Waals surface area (Å²) >= 11 is 0. The van der Waals surface area contributed by atoms with Crippen molar-refractivity contribution in [1.82, 2.24) is 10.2 Å². The fourth-order valence-corrected chi connectivity index (χ4v) is 3.54. The predicted octanol–water partition coefficient (Wildman–Crippen LogP) is 0.514. The van der Waals surface area contributed by atoms with Crippen LogP contribution in [0, 0.1) is 11.8 Å². The third-order valence-electron chi connectivity index (χ3n) is 4.00. The van der Waals surface area contributed by atoms with Crippen LogP contribution in [-0.4, -0.2) is 56.4 Å². The normalized spacial score (nSPS) is 19.6. The molecule has 0 saturated carbocycles. The van der Waals surface area contributed by atoms with E-state index in [9.17, 15) is 13.2 Å². The van der Waals surface area contributed by atoms with Crippen molar-refractivity contribution in [2.24, 2.45) is 11.8 Å². The molecule has 0 aliphatic carbocycles. The van der Waals surface area contributed by atoms with E-state index in [4.69, 9.17) is 0 Å². The Balaban J connectivity index is 2.67. The molecule has 1 fully saturated rings. The van der Waals surface area contributed by atoms with Crippen molar-refractivity contribution in [2.75, 3.05) is 31.1 Å². The molecular weight excluding hydrogens is 264 g/mol. The second-order valence-corrected chi connectivity index (χ2v) is 7.78. The van der Waals surface area contributed by atoms with Crippen LogP contribution in [0.2, 0.25) is 0 Å². The standard InChI is InChI=1S/C13H26N2O3S/c1-5-15(10(3)9-19(17,18)6-2)13(16)11(4)12-7-14-8-12/h10-12,14H,5-9H2,1-4H3. The quantitative estimate of drug-likeness (QED) is 0.742. The first-order chi connectivity index (χ1) is 8.82. The highest BCUT2D eigenvalue weighted by molar-refractivity contribution is 7.91. The van der Waals surface area contributed by atoms with Crippen molar-refractivity contribution in [3.63, 3.8) is 0 Å². The number of sulfone groups is 1. The second kappa shape index (κ2) is 6.70. The molecule has 1 N–H and O–H groups in total. The van der Waals surface area contributed by atoms with Gasteiger partial charge in [0, 0.05) is 24.3 Å². The number of carbonyl (C=O) groups is 1. The van der Waals surface area contributed by atoms with Crippen LogP contribution < -0.4 is 5.32 Å². The van der Waals surface area contributed by atoms with E-state index >= 15 is 0 Å². The SMILES string of the molecule is CCN(C(=O)C(C)C1CNC1)C(C)CS(=O)(=O)CC. The third-order valence-corrected chi connectivity index (χ3v) is 5.87. The smallest absolute Gasteiger partial charge is 0.226 e. The Kier molecular flexibility index (Phi) is 5.80. The molecule has 5 nitrogen and oxygen atoms in total. The third kappa shape index (κ3) is 4.18. The first-order valence-electron chi connectivity index (χ1n) is 7.04. The summed E-state index contributed by atoms with van der Waals surface area (Å²) in [6.07, 6.45) is 0. The fraction of sp³-hybridized carbons (Fsp3) is 0.923. The average Bonchev–Trinajstić information content (AvgIpc) is 2.26. The number of nitrogens with one attached hydrogen (secondary N) is 1. The number of amides is 1. The molecule has 0 spiro atoms. The number of rotatable bonds is 7. The highest BCUT2D eigenvalue weighted by Gasteiger charge is 2.33. The van der Waals surface area contributed by atoms with E-state index in [1.165, 1.54) is 0 Å². The summed E-state index contributed by atoms with van der Waals surface area (Å²) in [5.41, 5.74) is 0. The molecule has 1 aliphatic rings. The van der Waals surface area contributed by atoms with Gasteiger partial charge in [-0.05, 0) is 32.9 Å². The van der Waals surface area contributed by atoms with Crippen LogP contribution in [0.4, 0.5) is 0 Å². The Morgan fingerprint density at radius 1 is 1.32 bits per heavy atom. The monoisotopic (exact) mass is 290 g/mol. The van der Waals surface area contributed by atoms with Gasteiger partial charge in [-0.25, -0.2) is 8.42 Å². The molecule has 1 aliphatic heterocycles. The zero-order chi connectivity index (χ0) is 14.6. The maximum atomic E-state index is 12.4. The van der Waals surface area contributed by atoms with Gasteiger partial charge >= 0.3 is 0 Å². The molecule has 2 unspecified atom stereocenters. The Morgan fingerprint density at radius 2 is 1.89 bits per heavy atom. The van der Waals surface area contributed by atoms with Crippen molar-refractivity contribution in [2.45, 2.75) is 33.7 Å². The van der Waals surface area contributed by atoms with Crippen molar-refractivity contribution >= 4 is 15.7 Å². The summed E-state index contributed by atoms with van der Waals surface area (Å²) in [4.78, 5) is 14.1. The van der Waals surface area contributed by atoms with Crippen LogP contribution in [0.15, 0.2) is 0 Å². The number of nitrogens with zero attached hydrogens (tertiary/aromatic N) is 1. The van der Waals surface area contributed by atoms with Gasteiger partial charge in [0.2, 0.25) is 5.91 Å². The van der Waals surface area contributed by atoms with Crippen LogP contribution in [-0.2, 0) is 14.6 Å². The van der Waals surface area contributed by atoms with Gasteiger partial charge in [0.1, 0.15) is 0 Å². The van der Waals surface area contributed by atoms with Gasteiger partial charge in [-0.1, -0.05) is 13.8 Å². The topological polar surface area (TPSA) is 66.5 Å². The van der Waals surface area contributed by atoms with Gasteiger partial charge in [0.05, 0.1) is 5.75 Å². The van der Waals surface area contributed by atoms with Crippen LogP contribution >= 0.6 is 0 Å². The summed E-state index contributed by atoms with van der Waals surface area (Å²) in [5.74, 6) is 0.612. The molecule has 6 heteroatoms. The van der Waals surface area contributed by atoms with Crippen LogP contribution in [0.1, 0.15) is 27.7 Å². The molecule has 0 bridgehead atoms. The zero-order valence-corrected chi connectivity index (χ0v) is 13.2. The van der Waals surface area contributed by atoms with E-state index in [0.717, 1.165) is 13.1 Å². The molecule has 0 aromatic carbocycles. The molecule has 1 heterocycles. The number of hydrogen-bond donors (Lipinski definition) is 1. The maximum Gasteiger partial charge on any atom is 0.226 e. The fourth-order valence-electron chi connectivity index (χ4n) is 2.39. The minimum Gasteiger partial charge on any atom is -0.339 e. The average molecular weight is 290 g/mol. The summed E-state index contributed by atoms with van der Waals surface area (Å²) in [6.45, 7) is 9.63. The Bertz CT molecular complexity index is 404. The van der Waals surface area contributed by atoms with Crippen molar-refractivity contribution in [3.05, 3.63) is 0 Å². The van der Waals surface area contributed by atoms with Crippen LogP contribution in [0.5, 0.6) is 0 Å². The molecule has 112 valence electrons. The van der Waals surface area contributed by atoms with Crippen LogP contribution in [0.3, 0.4) is 0 Å². The van der Waals surface area contributed by atoms with E-state index < -0.39 is 9.84 Å². The summed E-state index contributed by atoms with van der Waals surface area (Å²) < 4.78 is 23.4. The summed E-state index contributed by atoms with van der Waals surface area (Å²) in [6, 6.07) is -0.252. The van der Waals surface area contributed by atoms with Gasteiger partial charge in [-0.2, -0.15) is 0 Å². The molecule has 1 amide bonds. The molecule has 0 aromatic heterocycles. The number of carbonyl (C=O) groups excluding carboxylic acids is 1. The lowest BCUT2D eigenvalue weighted by molar-refractivity contribution is -0.138.